The molecule has 152 valence electrons. The summed E-state index contributed by atoms with van der Waals surface area (Å²) >= 11 is 1.35. The summed E-state index contributed by atoms with van der Waals surface area (Å²) < 4.78 is 20.0. The Morgan fingerprint density at radius 2 is 2.14 bits per heavy atom. The Balaban J connectivity index is 1.78. The number of thiazole rings is 1. The van der Waals surface area contributed by atoms with Crippen molar-refractivity contribution in [1.29, 1.82) is 0 Å². The lowest BCUT2D eigenvalue weighted by atomic mass is 9.90. The zero-order valence-corrected chi connectivity index (χ0v) is 16.4. The monoisotopic (exact) mass is 417 g/mol. The fraction of sp³-hybridized carbons (Fsp3) is 0.400. The number of ether oxygens (including phenoxy) is 1. The van der Waals surface area contributed by atoms with Gasteiger partial charge in [0, 0.05) is 24.8 Å². The van der Waals surface area contributed by atoms with Gasteiger partial charge in [0.15, 0.2) is 5.78 Å². The minimum atomic E-state index is -0.939. The average molecular weight is 417 g/mol. The van der Waals surface area contributed by atoms with Crippen LogP contribution in [0.2, 0.25) is 0 Å². The molecule has 0 amide bonds. The number of Topliss-reactive ketones (excluding diaryl/α,β-unsaturated/α-hetero) is 1. The van der Waals surface area contributed by atoms with E-state index in [9.17, 15) is 18.8 Å². The molecular weight excluding hydrogens is 397 g/mol. The van der Waals surface area contributed by atoms with E-state index < -0.39 is 23.1 Å². The van der Waals surface area contributed by atoms with Crippen molar-refractivity contribution >= 4 is 28.0 Å². The largest absolute Gasteiger partial charge is 0.381 e. The number of nitrogens with zero attached hydrogens (tertiary/aromatic N) is 2. The van der Waals surface area contributed by atoms with Crippen molar-refractivity contribution in [2.24, 2.45) is 5.92 Å². The van der Waals surface area contributed by atoms with E-state index in [1.165, 1.54) is 23.5 Å². The SMILES string of the molecule is O=C(Cc1nccs1)C(CC1CCOCC1)n1c(=O)[nH]c2ccc(F)cc2c1=O. The van der Waals surface area contributed by atoms with E-state index in [-0.39, 0.29) is 29.0 Å². The molecule has 1 aromatic carbocycles. The lowest BCUT2D eigenvalue weighted by molar-refractivity contribution is -0.122. The number of carbonyl (C=O) groups excluding carboxylic acids is 1. The van der Waals surface area contributed by atoms with Crippen LogP contribution in [-0.2, 0) is 16.0 Å². The van der Waals surface area contributed by atoms with E-state index in [4.69, 9.17) is 4.74 Å². The van der Waals surface area contributed by atoms with Gasteiger partial charge in [-0.05, 0) is 43.4 Å². The van der Waals surface area contributed by atoms with Crippen molar-refractivity contribution in [3.63, 3.8) is 0 Å². The van der Waals surface area contributed by atoms with Crippen LogP contribution in [0.4, 0.5) is 4.39 Å². The number of aromatic nitrogens is 3. The minimum absolute atomic E-state index is 0.0403. The summed E-state index contributed by atoms with van der Waals surface area (Å²) in [4.78, 5) is 45.7. The first-order chi connectivity index (χ1) is 14.0. The molecule has 1 saturated heterocycles. The van der Waals surface area contributed by atoms with Gasteiger partial charge >= 0.3 is 5.69 Å². The topological polar surface area (TPSA) is 94.0 Å². The summed E-state index contributed by atoms with van der Waals surface area (Å²) in [6.45, 7) is 1.18. The Morgan fingerprint density at radius 1 is 1.34 bits per heavy atom. The third kappa shape index (κ3) is 4.20. The maximum absolute atomic E-state index is 13.7. The molecule has 3 heterocycles. The fourth-order valence-corrected chi connectivity index (χ4v) is 4.39. The molecule has 3 aromatic rings. The highest BCUT2D eigenvalue weighted by Crippen LogP contribution is 2.26. The van der Waals surface area contributed by atoms with Gasteiger partial charge in [0.1, 0.15) is 11.9 Å². The van der Waals surface area contributed by atoms with Crippen LogP contribution in [0.25, 0.3) is 10.9 Å². The lowest BCUT2D eigenvalue weighted by Gasteiger charge is -2.26. The van der Waals surface area contributed by atoms with Gasteiger partial charge in [0.05, 0.1) is 22.3 Å². The number of ketones is 1. The van der Waals surface area contributed by atoms with Gasteiger partial charge in [0.2, 0.25) is 0 Å². The molecule has 1 atom stereocenters. The maximum Gasteiger partial charge on any atom is 0.329 e. The van der Waals surface area contributed by atoms with Gasteiger partial charge in [-0.1, -0.05) is 0 Å². The molecule has 2 aromatic heterocycles. The number of hydrogen-bond acceptors (Lipinski definition) is 6. The fourth-order valence-electron chi connectivity index (χ4n) is 3.77. The van der Waals surface area contributed by atoms with Crippen LogP contribution >= 0.6 is 11.3 Å². The number of aromatic amines is 1. The molecule has 0 saturated carbocycles. The predicted molar refractivity (Wildman–Crippen MR) is 107 cm³/mol. The summed E-state index contributed by atoms with van der Waals surface area (Å²) in [6, 6.07) is 2.67. The number of hydrogen-bond donors (Lipinski definition) is 1. The molecule has 0 radical (unpaired) electrons. The van der Waals surface area contributed by atoms with E-state index in [1.54, 1.807) is 11.6 Å². The predicted octanol–water partition coefficient (Wildman–Crippen LogP) is 2.46. The second-order valence-electron chi connectivity index (χ2n) is 7.17. The smallest absolute Gasteiger partial charge is 0.329 e. The standard InChI is InChI=1S/C20H20FN3O4S/c21-13-1-2-15-14(10-13)19(26)24(20(27)23-15)16(9-12-3-6-28-7-4-12)17(25)11-18-22-5-8-29-18/h1-2,5,8,10,12,16H,3-4,6-7,9,11H2,(H,23,27). The number of rotatable bonds is 6. The van der Waals surface area contributed by atoms with Gasteiger partial charge < -0.3 is 9.72 Å². The Bertz CT molecular complexity index is 1130. The number of carbonyl (C=O) groups is 1. The van der Waals surface area contributed by atoms with Crippen LogP contribution in [-0.4, -0.2) is 33.5 Å². The third-order valence-electron chi connectivity index (χ3n) is 5.28. The molecule has 1 aliphatic heterocycles. The number of fused-ring (bicyclic) bond motifs is 1. The molecule has 0 aliphatic carbocycles. The first-order valence-electron chi connectivity index (χ1n) is 9.46. The summed E-state index contributed by atoms with van der Waals surface area (Å²) in [6.07, 6.45) is 3.53. The molecule has 1 N–H and O–H groups in total. The molecular formula is C20H20FN3O4S. The highest BCUT2D eigenvalue weighted by molar-refractivity contribution is 7.09. The van der Waals surface area contributed by atoms with Crippen LogP contribution in [0.1, 0.15) is 30.3 Å². The minimum Gasteiger partial charge on any atom is -0.381 e. The van der Waals surface area contributed by atoms with Crippen molar-refractivity contribution in [3.05, 3.63) is 61.4 Å². The molecule has 7 nitrogen and oxygen atoms in total. The van der Waals surface area contributed by atoms with Crippen molar-refractivity contribution in [2.45, 2.75) is 31.7 Å². The van der Waals surface area contributed by atoms with E-state index in [0.29, 0.717) is 24.6 Å². The van der Waals surface area contributed by atoms with Crippen LogP contribution in [0.3, 0.4) is 0 Å². The third-order valence-corrected chi connectivity index (χ3v) is 6.06. The first kappa shape index (κ1) is 19.7. The molecule has 1 aliphatic rings. The van der Waals surface area contributed by atoms with Gasteiger partial charge in [-0.2, -0.15) is 0 Å². The van der Waals surface area contributed by atoms with E-state index in [0.717, 1.165) is 23.5 Å². The van der Waals surface area contributed by atoms with Crippen LogP contribution in [0.15, 0.2) is 39.4 Å². The number of nitrogens with one attached hydrogen (secondary N) is 1. The van der Waals surface area contributed by atoms with E-state index in [1.807, 2.05) is 0 Å². The van der Waals surface area contributed by atoms with Crippen LogP contribution in [0, 0.1) is 11.7 Å². The van der Waals surface area contributed by atoms with E-state index >= 15 is 0 Å². The van der Waals surface area contributed by atoms with Crippen LogP contribution in [0.5, 0.6) is 0 Å². The molecule has 1 fully saturated rings. The van der Waals surface area contributed by atoms with Gasteiger partial charge in [0.25, 0.3) is 5.56 Å². The molecule has 0 spiro atoms. The Kier molecular flexibility index (Phi) is 5.68. The van der Waals surface area contributed by atoms with Crippen molar-refractivity contribution in [2.75, 3.05) is 13.2 Å². The van der Waals surface area contributed by atoms with Crippen LogP contribution < -0.4 is 11.2 Å². The molecule has 4 rings (SSSR count). The number of H-pyrrole nitrogens is 1. The molecule has 9 heteroatoms. The van der Waals surface area contributed by atoms with Crippen molar-refractivity contribution in [1.82, 2.24) is 14.5 Å². The number of halogens is 1. The Hall–Kier alpha value is -2.65. The first-order valence-corrected chi connectivity index (χ1v) is 10.3. The van der Waals surface area contributed by atoms with E-state index in [2.05, 4.69) is 9.97 Å². The highest BCUT2D eigenvalue weighted by atomic mass is 32.1. The zero-order chi connectivity index (χ0) is 20.4. The molecule has 0 bridgehead atoms. The summed E-state index contributed by atoms with van der Waals surface area (Å²) in [5.41, 5.74) is -1.08. The summed E-state index contributed by atoms with van der Waals surface area (Å²) in [7, 11) is 0. The van der Waals surface area contributed by atoms with Crippen molar-refractivity contribution < 1.29 is 13.9 Å². The second-order valence-corrected chi connectivity index (χ2v) is 8.15. The normalized spacial score (nSPS) is 16.2. The lowest BCUT2D eigenvalue weighted by Crippen LogP contribution is -2.42. The summed E-state index contributed by atoms with van der Waals surface area (Å²) in [5, 5.41) is 2.44. The van der Waals surface area contributed by atoms with Gasteiger partial charge in [-0.3, -0.25) is 9.59 Å². The zero-order valence-electron chi connectivity index (χ0n) is 15.6. The van der Waals surface area contributed by atoms with Crippen molar-refractivity contribution in [3.8, 4) is 0 Å². The molecule has 1 unspecified atom stereocenters. The Morgan fingerprint density at radius 3 is 2.86 bits per heavy atom. The Labute approximate surface area is 169 Å². The quantitative estimate of drug-likeness (QED) is 0.665. The maximum atomic E-state index is 13.7. The second kappa shape index (κ2) is 8.38. The number of benzene rings is 1. The highest BCUT2D eigenvalue weighted by Gasteiger charge is 2.29. The molecule has 29 heavy (non-hydrogen) atoms. The van der Waals surface area contributed by atoms with Gasteiger partial charge in [-0.15, -0.1) is 11.3 Å². The van der Waals surface area contributed by atoms with Gasteiger partial charge in [-0.25, -0.2) is 18.7 Å². The average Bonchev–Trinajstić information content (AvgIpc) is 3.21. The summed E-state index contributed by atoms with van der Waals surface area (Å²) in [5.74, 6) is -0.679.